The molecule has 7 nitrogen and oxygen atoms in total. The Kier molecular flexibility index (Phi) is 14.6. The van der Waals surface area contributed by atoms with Gasteiger partial charge < -0.3 is 29.7 Å². The molecule has 0 spiro atoms. The molecule has 1 atom stereocenters. The standard InChI is InChI=1S/C21H43N3O4/c1-5-19(4)23-20-6-9-24(10-7-20)11-13-27-15-17-28-16-14-26-12-8-22-21(25)18(2)3/h18-20,23H,5-17H2,1-4H3,(H,22,25). The Balaban J connectivity index is 1.82. The molecule has 0 aromatic rings. The van der Waals surface area contributed by atoms with E-state index in [1.165, 1.54) is 19.3 Å². The summed E-state index contributed by atoms with van der Waals surface area (Å²) in [4.78, 5) is 13.8. The minimum Gasteiger partial charge on any atom is -0.378 e. The molecule has 1 amide bonds. The lowest BCUT2D eigenvalue weighted by molar-refractivity contribution is -0.124. The quantitative estimate of drug-likeness (QED) is 0.383. The summed E-state index contributed by atoms with van der Waals surface area (Å²) < 4.78 is 16.6. The molecule has 28 heavy (non-hydrogen) atoms. The number of piperidine rings is 1. The summed E-state index contributed by atoms with van der Waals surface area (Å²) >= 11 is 0. The fraction of sp³-hybridized carbons (Fsp3) is 0.952. The van der Waals surface area contributed by atoms with Crippen molar-refractivity contribution in [3.05, 3.63) is 0 Å². The largest absolute Gasteiger partial charge is 0.378 e. The summed E-state index contributed by atoms with van der Waals surface area (Å²) in [5.74, 6) is 0.0749. The Morgan fingerprint density at radius 3 is 2.11 bits per heavy atom. The van der Waals surface area contributed by atoms with Crippen LogP contribution in [0.2, 0.25) is 0 Å². The maximum atomic E-state index is 11.4. The highest BCUT2D eigenvalue weighted by atomic mass is 16.5. The Morgan fingerprint density at radius 1 is 0.964 bits per heavy atom. The molecule has 1 rings (SSSR count). The average molecular weight is 402 g/mol. The monoisotopic (exact) mass is 401 g/mol. The molecule has 0 bridgehead atoms. The van der Waals surface area contributed by atoms with Crippen molar-refractivity contribution in [2.45, 2.75) is 59.0 Å². The average Bonchev–Trinajstić information content (AvgIpc) is 2.69. The van der Waals surface area contributed by atoms with Crippen molar-refractivity contribution in [2.24, 2.45) is 5.92 Å². The van der Waals surface area contributed by atoms with E-state index in [0.29, 0.717) is 51.7 Å². The number of amides is 1. The maximum absolute atomic E-state index is 11.4. The van der Waals surface area contributed by atoms with Crippen LogP contribution in [0.1, 0.15) is 47.0 Å². The zero-order valence-electron chi connectivity index (χ0n) is 18.5. The third-order valence-electron chi connectivity index (χ3n) is 5.09. The van der Waals surface area contributed by atoms with Gasteiger partial charge in [-0.15, -0.1) is 0 Å². The van der Waals surface area contributed by atoms with Gasteiger partial charge in [0.2, 0.25) is 5.91 Å². The molecule has 2 N–H and O–H groups in total. The van der Waals surface area contributed by atoms with Gasteiger partial charge in [0.1, 0.15) is 0 Å². The van der Waals surface area contributed by atoms with E-state index in [1.54, 1.807) is 0 Å². The predicted molar refractivity (Wildman–Crippen MR) is 113 cm³/mol. The SMILES string of the molecule is CCC(C)NC1CCN(CCOCCOCCOCCNC(=O)C(C)C)CC1. The first-order chi connectivity index (χ1) is 13.5. The van der Waals surface area contributed by atoms with Gasteiger partial charge in [-0.05, 0) is 39.3 Å². The summed E-state index contributed by atoms with van der Waals surface area (Å²) in [5.41, 5.74) is 0. The smallest absolute Gasteiger partial charge is 0.222 e. The van der Waals surface area contributed by atoms with Crippen molar-refractivity contribution in [2.75, 3.05) is 65.8 Å². The first kappa shape index (κ1) is 25.3. The number of hydrogen-bond donors (Lipinski definition) is 2. The van der Waals surface area contributed by atoms with Crippen molar-refractivity contribution in [1.29, 1.82) is 0 Å². The van der Waals surface area contributed by atoms with Crippen molar-refractivity contribution >= 4 is 5.91 Å². The van der Waals surface area contributed by atoms with E-state index in [-0.39, 0.29) is 11.8 Å². The van der Waals surface area contributed by atoms with Crippen LogP contribution in [0.25, 0.3) is 0 Å². The molecule has 166 valence electrons. The second kappa shape index (κ2) is 16.1. The number of nitrogens with one attached hydrogen (secondary N) is 2. The third kappa shape index (κ3) is 12.7. The van der Waals surface area contributed by atoms with E-state index in [2.05, 4.69) is 29.4 Å². The Morgan fingerprint density at radius 2 is 1.54 bits per heavy atom. The van der Waals surface area contributed by atoms with Crippen molar-refractivity contribution in [3.8, 4) is 0 Å². The van der Waals surface area contributed by atoms with Gasteiger partial charge >= 0.3 is 0 Å². The van der Waals surface area contributed by atoms with E-state index in [4.69, 9.17) is 14.2 Å². The lowest BCUT2D eigenvalue weighted by atomic mass is 10.0. The molecule has 1 saturated heterocycles. The lowest BCUT2D eigenvalue weighted by Gasteiger charge is -2.33. The Bertz CT molecular complexity index is 388. The Hall–Kier alpha value is -0.730. The van der Waals surface area contributed by atoms with Crippen LogP contribution in [-0.4, -0.2) is 88.7 Å². The van der Waals surface area contributed by atoms with E-state index < -0.39 is 0 Å². The van der Waals surface area contributed by atoms with Gasteiger partial charge in [0.25, 0.3) is 0 Å². The van der Waals surface area contributed by atoms with Crippen LogP contribution >= 0.6 is 0 Å². The van der Waals surface area contributed by atoms with Crippen LogP contribution in [-0.2, 0) is 19.0 Å². The molecule has 1 aliphatic heterocycles. The van der Waals surface area contributed by atoms with Crippen LogP contribution in [0.3, 0.4) is 0 Å². The zero-order chi connectivity index (χ0) is 20.6. The number of likely N-dealkylation sites (tertiary alicyclic amines) is 1. The van der Waals surface area contributed by atoms with Gasteiger partial charge in [0.15, 0.2) is 0 Å². The van der Waals surface area contributed by atoms with Crippen LogP contribution in [0, 0.1) is 5.92 Å². The number of ether oxygens (including phenoxy) is 3. The highest BCUT2D eigenvalue weighted by Crippen LogP contribution is 2.11. The first-order valence-corrected chi connectivity index (χ1v) is 11.0. The number of hydrogen-bond acceptors (Lipinski definition) is 6. The summed E-state index contributed by atoms with van der Waals surface area (Å²) in [6.45, 7) is 15.7. The number of nitrogens with zero attached hydrogens (tertiary/aromatic N) is 1. The van der Waals surface area contributed by atoms with E-state index in [9.17, 15) is 4.79 Å². The van der Waals surface area contributed by atoms with Crippen LogP contribution < -0.4 is 10.6 Å². The second-order valence-electron chi connectivity index (χ2n) is 7.87. The lowest BCUT2D eigenvalue weighted by Crippen LogP contribution is -2.46. The summed E-state index contributed by atoms with van der Waals surface area (Å²) in [6.07, 6.45) is 3.65. The number of carbonyl (C=O) groups excluding carboxylic acids is 1. The molecule has 0 aromatic carbocycles. The van der Waals surface area contributed by atoms with Gasteiger partial charge in [-0.3, -0.25) is 4.79 Å². The number of carbonyl (C=O) groups is 1. The van der Waals surface area contributed by atoms with Crippen molar-refractivity contribution < 1.29 is 19.0 Å². The van der Waals surface area contributed by atoms with Crippen molar-refractivity contribution in [1.82, 2.24) is 15.5 Å². The first-order valence-electron chi connectivity index (χ1n) is 11.0. The highest BCUT2D eigenvalue weighted by molar-refractivity contribution is 5.77. The van der Waals surface area contributed by atoms with Gasteiger partial charge in [-0.2, -0.15) is 0 Å². The molecular weight excluding hydrogens is 358 g/mol. The van der Waals surface area contributed by atoms with E-state index in [0.717, 1.165) is 26.2 Å². The van der Waals surface area contributed by atoms with E-state index >= 15 is 0 Å². The molecule has 0 saturated carbocycles. The summed E-state index contributed by atoms with van der Waals surface area (Å²) in [6, 6.07) is 1.30. The fourth-order valence-corrected chi connectivity index (χ4v) is 3.03. The van der Waals surface area contributed by atoms with Gasteiger partial charge in [-0.25, -0.2) is 0 Å². The molecule has 1 fully saturated rings. The van der Waals surface area contributed by atoms with Gasteiger partial charge in [0, 0.05) is 31.1 Å². The third-order valence-corrected chi connectivity index (χ3v) is 5.09. The molecule has 1 unspecified atom stereocenters. The Labute approximate surface area is 171 Å². The summed E-state index contributed by atoms with van der Waals surface area (Å²) in [5, 5.41) is 6.52. The fourth-order valence-electron chi connectivity index (χ4n) is 3.03. The highest BCUT2D eigenvalue weighted by Gasteiger charge is 2.19. The molecule has 7 heteroatoms. The van der Waals surface area contributed by atoms with E-state index in [1.807, 2.05) is 13.8 Å². The topological polar surface area (TPSA) is 72.1 Å². The zero-order valence-corrected chi connectivity index (χ0v) is 18.5. The van der Waals surface area contributed by atoms with Crippen molar-refractivity contribution in [3.63, 3.8) is 0 Å². The van der Waals surface area contributed by atoms with Gasteiger partial charge in [0.05, 0.1) is 39.6 Å². The molecule has 1 heterocycles. The predicted octanol–water partition coefficient (Wildman–Crippen LogP) is 1.66. The molecule has 0 radical (unpaired) electrons. The molecule has 0 aliphatic carbocycles. The minimum atomic E-state index is 0.0155. The summed E-state index contributed by atoms with van der Waals surface area (Å²) in [7, 11) is 0. The number of rotatable bonds is 16. The van der Waals surface area contributed by atoms with Crippen LogP contribution in [0.15, 0.2) is 0 Å². The molecule has 1 aliphatic rings. The molecular formula is C21H43N3O4. The maximum Gasteiger partial charge on any atom is 0.222 e. The van der Waals surface area contributed by atoms with Crippen LogP contribution in [0.4, 0.5) is 0 Å². The normalized spacial score (nSPS) is 17.2. The molecule has 0 aromatic heterocycles. The van der Waals surface area contributed by atoms with Crippen LogP contribution in [0.5, 0.6) is 0 Å². The minimum absolute atomic E-state index is 0.0155. The van der Waals surface area contributed by atoms with Gasteiger partial charge in [-0.1, -0.05) is 20.8 Å². The second-order valence-corrected chi connectivity index (χ2v) is 7.87.